The maximum atomic E-state index is 3.73. The molecule has 0 heteroatoms. The first kappa shape index (κ1) is 10.8. The maximum Gasteiger partial charge on any atom is -0.00994 e. The average molecular weight is 230 g/mol. The number of fused-ring (bicyclic) bond motifs is 3. The molecule has 18 heavy (non-hydrogen) atoms. The molecule has 0 aliphatic heterocycles. The minimum Gasteiger partial charge on any atom is -0.0991 e. The van der Waals surface area contributed by atoms with Gasteiger partial charge in [-0.25, -0.2) is 0 Å². The number of rotatable bonds is 2. The van der Waals surface area contributed by atoms with Crippen LogP contribution < -0.4 is 0 Å². The molecule has 0 aliphatic rings. The molecule has 0 amide bonds. The Kier molecular flexibility index (Phi) is 2.70. The lowest BCUT2D eigenvalue weighted by Gasteiger charge is -2.07. The highest BCUT2D eigenvalue weighted by Crippen LogP contribution is 2.29. The molecule has 3 rings (SSSR count). The van der Waals surface area contributed by atoms with Crippen LogP contribution >= 0.6 is 0 Å². The van der Waals surface area contributed by atoms with Gasteiger partial charge in [0.15, 0.2) is 0 Å². The van der Waals surface area contributed by atoms with Crippen LogP contribution in [0, 0.1) is 0 Å². The summed E-state index contributed by atoms with van der Waals surface area (Å²) in [4.78, 5) is 0. The van der Waals surface area contributed by atoms with Gasteiger partial charge in [-0.1, -0.05) is 73.3 Å². The molecule has 86 valence electrons. The molecular formula is C18H14. The smallest absolute Gasteiger partial charge is 0.00994 e. The standard InChI is InChI=1S/C18H14/c1-2-3-8-14-13-15-9-4-5-10-17(15)18-12-7-6-11-16(14)18/h2-13H,1H2/b8-3+. The Balaban J connectivity index is 2.46. The molecule has 0 saturated heterocycles. The topological polar surface area (TPSA) is 0 Å². The second-order valence-corrected chi connectivity index (χ2v) is 4.33. The summed E-state index contributed by atoms with van der Waals surface area (Å²) in [5.41, 5.74) is 1.24. The van der Waals surface area contributed by atoms with Crippen LogP contribution in [-0.4, -0.2) is 0 Å². The second-order valence-electron chi connectivity index (χ2n) is 4.33. The predicted octanol–water partition coefficient (Wildman–Crippen LogP) is 5.19. The zero-order valence-electron chi connectivity index (χ0n) is 10.1. The van der Waals surface area contributed by atoms with Gasteiger partial charge in [0.2, 0.25) is 0 Å². The van der Waals surface area contributed by atoms with E-state index in [4.69, 9.17) is 0 Å². The van der Waals surface area contributed by atoms with Gasteiger partial charge in [-0.15, -0.1) is 0 Å². The molecule has 3 aromatic rings. The highest BCUT2D eigenvalue weighted by Gasteiger charge is 2.03. The molecule has 0 fully saturated rings. The second kappa shape index (κ2) is 4.50. The van der Waals surface area contributed by atoms with E-state index in [0.717, 1.165) is 0 Å². The van der Waals surface area contributed by atoms with E-state index < -0.39 is 0 Å². The lowest BCUT2D eigenvalue weighted by Crippen LogP contribution is -1.82. The van der Waals surface area contributed by atoms with E-state index in [0.29, 0.717) is 0 Å². The Morgan fingerprint density at radius 3 is 2.22 bits per heavy atom. The monoisotopic (exact) mass is 230 g/mol. The normalized spacial score (nSPS) is 11.3. The van der Waals surface area contributed by atoms with E-state index in [-0.39, 0.29) is 0 Å². The minimum absolute atomic E-state index is 1.24. The molecule has 0 N–H and O–H groups in total. The molecule has 0 heterocycles. The molecule has 0 aliphatic carbocycles. The van der Waals surface area contributed by atoms with Gasteiger partial charge in [0.25, 0.3) is 0 Å². The molecular weight excluding hydrogens is 216 g/mol. The molecule has 0 bridgehead atoms. The maximum absolute atomic E-state index is 3.73. The zero-order valence-corrected chi connectivity index (χ0v) is 10.1. The van der Waals surface area contributed by atoms with Crippen molar-refractivity contribution in [1.82, 2.24) is 0 Å². The first-order valence-corrected chi connectivity index (χ1v) is 6.10. The summed E-state index contributed by atoms with van der Waals surface area (Å²) in [7, 11) is 0. The number of hydrogen-bond donors (Lipinski definition) is 0. The summed E-state index contributed by atoms with van der Waals surface area (Å²) < 4.78 is 0. The molecule has 0 atom stereocenters. The SMILES string of the molecule is C=C/C=C/c1cc2ccccc2c2ccccc12. The molecule has 0 aromatic heterocycles. The summed E-state index contributed by atoms with van der Waals surface area (Å²) in [6, 6.07) is 19.3. The van der Waals surface area contributed by atoms with Crippen LogP contribution in [-0.2, 0) is 0 Å². The third-order valence-electron chi connectivity index (χ3n) is 3.21. The molecule has 0 nitrogen and oxygen atoms in total. The number of hydrogen-bond acceptors (Lipinski definition) is 0. The van der Waals surface area contributed by atoms with Crippen molar-refractivity contribution in [1.29, 1.82) is 0 Å². The van der Waals surface area contributed by atoms with E-state index in [1.165, 1.54) is 27.1 Å². The fourth-order valence-corrected chi connectivity index (χ4v) is 2.39. The van der Waals surface area contributed by atoms with Gasteiger partial charge >= 0.3 is 0 Å². The Morgan fingerprint density at radius 1 is 0.778 bits per heavy atom. The van der Waals surface area contributed by atoms with Gasteiger partial charge in [-0.3, -0.25) is 0 Å². The molecule has 0 unspecified atom stereocenters. The van der Waals surface area contributed by atoms with Gasteiger partial charge in [0.05, 0.1) is 0 Å². The van der Waals surface area contributed by atoms with Crippen molar-refractivity contribution in [3.8, 4) is 0 Å². The van der Waals surface area contributed by atoms with Crippen molar-refractivity contribution >= 4 is 27.6 Å². The Morgan fingerprint density at radius 2 is 1.44 bits per heavy atom. The number of allylic oxidation sites excluding steroid dienone is 2. The number of benzene rings is 3. The van der Waals surface area contributed by atoms with Crippen LogP contribution in [0.4, 0.5) is 0 Å². The largest absolute Gasteiger partial charge is 0.0991 e. The molecule has 0 radical (unpaired) electrons. The van der Waals surface area contributed by atoms with Crippen LogP contribution in [0.5, 0.6) is 0 Å². The fraction of sp³-hybridized carbons (Fsp3) is 0. The quantitative estimate of drug-likeness (QED) is 0.419. The molecule has 3 aromatic carbocycles. The van der Waals surface area contributed by atoms with Crippen LogP contribution in [0.2, 0.25) is 0 Å². The van der Waals surface area contributed by atoms with Crippen LogP contribution in [0.3, 0.4) is 0 Å². The summed E-state index contributed by atoms with van der Waals surface area (Å²) in [5, 5.41) is 5.18. The van der Waals surface area contributed by atoms with Crippen molar-refractivity contribution in [2.75, 3.05) is 0 Å². The van der Waals surface area contributed by atoms with Gasteiger partial charge in [0, 0.05) is 0 Å². The van der Waals surface area contributed by atoms with Gasteiger partial charge in [-0.05, 0) is 33.2 Å². The Bertz CT molecular complexity index is 748. The van der Waals surface area contributed by atoms with Crippen molar-refractivity contribution in [3.63, 3.8) is 0 Å². The van der Waals surface area contributed by atoms with Crippen molar-refractivity contribution < 1.29 is 0 Å². The molecule has 0 saturated carbocycles. The highest BCUT2D eigenvalue weighted by atomic mass is 14.1. The third kappa shape index (κ3) is 1.72. The lowest BCUT2D eigenvalue weighted by atomic mass is 9.97. The van der Waals surface area contributed by atoms with Gasteiger partial charge in [0.1, 0.15) is 0 Å². The Labute approximate surface area is 107 Å². The van der Waals surface area contributed by atoms with Crippen LogP contribution in [0.25, 0.3) is 27.6 Å². The van der Waals surface area contributed by atoms with Crippen molar-refractivity contribution in [3.05, 3.63) is 78.9 Å². The summed E-state index contributed by atoms with van der Waals surface area (Å²) in [6.07, 6.45) is 5.91. The summed E-state index contributed by atoms with van der Waals surface area (Å²) in [5.74, 6) is 0. The zero-order chi connectivity index (χ0) is 12.4. The lowest BCUT2D eigenvalue weighted by molar-refractivity contribution is 1.73. The summed E-state index contributed by atoms with van der Waals surface area (Å²) in [6.45, 7) is 3.73. The van der Waals surface area contributed by atoms with E-state index in [2.05, 4.69) is 67.3 Å². The Hall–Kier alpha value is -2.34. The first-order valence-electron chi connectivity index (χ1n) is 6.10. The summed E-state index contributed by atoms with van der Waals surface area (Å²) >= 11 is 0. The first-order chi connectivity index (χ1) is 8.90. The van der Waals surface area contributed by atoms with Crippen molar-refractivity contribution in [2.45, 2.75) is 0 Å². The minimum atomic E-state index is 1.24. The van der Waals surface area contributed by atoms with E-state index in [1.807, 2.05) is 12.2 Å². The third-order valence-corrected chi connectivity index (χ3v) is 3.21. The van der Waals surface area contributed by atoms with Crippen LogP contribution in [0.1, 0.15) is 5.56 Å². The van der Waals surface area contributed by atoms with E-state index in [9.17, 15) is 0 Å². The average Bonchev–Trinajstić information content (AvgIpc) is 2.45. The van der Waals surface area contributed by atoms with Gasteiger partial charge < -0.3 is 0 Å². The fourth-order valence-electron chi connectivity index (χ4n) is 2.39. The highest BCUT2D eigenvalue weighted by molar-refractivity contribution is 6.10. The van der Waals surface area contributed by atoms with Crippen LogP contribution in [0.15, 0.2) is 73.3 Å². The predicted molar refractivity (Wildman–Crippen MR) is 80.7 cm³/mol. The van der Waals surface area contributed by atoms with E-state index >= 15 is 0 Å². The van der Waals surface area contributed by atoms with Crippen molar-refractivity contribution in [2.24, 2.45) is 0 Å². The molecule has 0 spiro atoms. The van der Waals surface area contributed by atoms with Gasteiger partial charge in [-0.2, -0.15) is 0 Å². The van der Waals surface area contributed by atoms with E-state index in [1.54, 1.807) is 0 Å².